The molecule has 1 aliphatic carbocycles. The molecule has 3 rings (SSSR count). The topological polar surface area (TPSA) is 172 Å². The van der Waals surface area contributed by atoms with Crippen molar-refractivity contribution in [3.8, 4) is 11.5 Å². The van der Waals surface area contributed by atoms with Crippen LogP contribution in [0.4, 0.5) is 0 Å². The zero-order valence-corrected chi connectivity index (χ0v) is 29.4. The highest BCUT2D eigenvalue weighted by Gasteiger charge is 2.26. The molecule has 1 unspecified atom stereocenters. The van der Waals surface area contributed by atoms with Crippen molar-refractivity contribution in [2.24, 2.45) is 11.7 Å². The fourth-order valence-corrected chi connectivity index (χ4v) is 3.47. The molecule has 0 saturated heterocycles. The van der Waals surface area contributed by atoms with Crippen LogP contribution in [-0.2, 0) is 19.2 Å². The lowest BCUT2D eigenvalue weighted by Gasteiger charge is -2.26. The van der Waals surface area contributed by atoms with Crippen LogP contribution in [0.2, 0.25) is 5.02 Å². The summed E-state index contributed by atoms with van der Waals surface area (Å²) in [5.74, 6) is -0.634. The number of nitrogens with one attached hydrogen (secondary N) is 1. The molecule has 258 valence electrons. The molecule has 1 aromatic heterocycles. The molecule has 1 atom stereocenters. The Labute approximate surface area is 278 Å². The van der Waals surface area contributed by atoms with Crippen molar-refractivity contribution in [3.05, 3.63) is 46.8 Å². The van der Waals surface area contributed by atoms with Gasteiger partial charge in [-0.15, -0.1) is 10.2 Å². The number of aryl methyl sites for hydroxylation is 2. The van der Waals surface area contributed by atoms with E-state index >= 15 is 0 Å². The van der Waals surface area contributed by atoms with Crippen LogP contribution in [-0.4, -0.2) is 88.6 Å². The van der Waals surface area contributed by atoms with E-state index in [0.29, 0.717) is 23.2 Å². The molecular formula is C33H53ClN6O6. The zero-order chi connectivity index (χ0) is 35.2. The van der Waals surface area contributed by atoms with Crippen molar-refractivity contribution in [2.45, 2.75) is 86.1 Å². The van der Waals surface area contributed by atoms with Gasteiger partial charge in [0, 0.05) is 31.6 Å². The first-order valence-corrected chi connectivity index (χ1v) is 15.9. The molecule has 12 nitrogen and oxygen atoms in total. The number of aliphatic carboxylic acids is 1. The standard InChI is InChI=1S/C16H28N4O5.C10H9ClN2O.C4H10.C3H6/c1-4-5-6-7-8-12(20(3)13(21)9-17)16(25)18-10-14(22)19(2)11-15(23)24;1-6-5-8(11)3-4-9(6)10-13-12-7(2)14-10;1-4(2)3;1-2-3-1/h6-7,12H,4-5,8-11,17H2,1-3H3,(H,18,25)(H,23,24);3-5H,1-2H3;4H,1-3H3;1-3H2/b7-6+;;;. The largest absolute Gasteiger partial charge is 0.480 e. The second kappa shape index (κ2) is 23.6. The number of aromatic nitrogens is 2. The Balaban J connectivity index is 0.000000789. The summed E-state index contributed by atoms with van der Waals surface area (Å²) >= 11 is 5.84. The fraction of sp³-hybridized carbons (Fsp3) is 0.576. The minimum atomic E-state index is -1.14. The molecule has 0 radical (unpaired) electrons. The molecule has 1 aromatic carbocycles. The van der Waals surface area contributed by atoms with Gasteiger partial charge in [-0.05, 0) is 49.4 Å². The Kier molecular flexibility index (Phi) is 21.6. The number of nitrogens with zero attached hydrogens (tertiary/aromatic N) is 4. The number of halogens is 1. The summed E-state index contributed by atoms with van der Waals surface area (Å²) in [4.78, 5) is 48.7. The van der Waals surface area contributed by atoms with Gasteiger partial charge in [0.1, 0.15) is 12.6 Å². The molecule has 1 fully saturated rings. The number of amides is 3. The molecule has 1 heterocycles. The summed E-state index contributed by atoms with van der Waals surface area (Å²) in [5.41, 5.74) is 7.29. The number of likely N-dealkylation sites (N-methyl/N-ethyl adjacent to an activating group) is 2. The van der Waals surface area contributed by atoms with Crippen molar-refractivity contribution < 1.29 is 28.7 Å². The average molecular weight is 665 g/mol. The summed E-state index contributed by atoms with van der Waals surface area (Å²) in [6, 6.07) is 4.77. The number of carboxylic acid groups (broad SMARTS) is 1. The van der Waals surface area contributed by atoms with E-state index < -0.39 is 36.3 Å². The Bertz CT molecular complexity index is 1240. The van der Waals surface area contributed by atoms with Gasteiger partial charge in [-0.1, -0.05) is 77.1 Å². The van der Waals surface area contributed by atoms with E-state index in [9.17, 15) is 19.2 Å². The van der Waals surface area contributed by atoms with Crippen LogP contribution in [0.5, 0.6) is 0 Å². The maximum atomic E-state index is 12.4. The normalized spacial score (nSPS) is 12.0. The minimum absolute atomic E-state index is 0.223. The van der Waals surface area contributed by atoms with Gasteiger partial charge in [0.25, 0.3) is 0 Å². The zero-order valence-electron chi connectivity index (χ0n) is 28.6. The third-order valence-electron chi connectivity index (χ3n) is 5.83. The van der Waals surface area contributed by atoms with Crippen LogP contribution in [0.25, 0.3) is 11.5 Å². The lowest BCUT2D eigenvalue weighted by Crippen LogP contribution is -2.51. The van der Waals surface area contributed by atoms with E-state index in [1.54, 1.807) is 6.92 Å². The van der Waals surface area contributed by atoms with Gasteiger partial charge in [-0.25, -0.2) is 0 Å². The number of hydrogen-bond acceptors (Lipinski definition) is 8. The predicted octanol–water partition coefficient (Wildman–Crippen LogP) is 5.02. The van der Waals surface area contributed by atoms with Crippen molar-refractivity contribution in [2.75, 3.05) is 33.7 Å². The number of carbonyl (C=O) groups is 4. The Morgan fingerprint density at radius 2 is 1.67 bits per heavy atom. The summed E-state index contributed by atoms with van der Waals surface area (Å²) in [6.45, 7) is 11.2. The fourth-order valence-electron chi connectivity index (χ4n) is 3.25. The highest BCUT2D eigenvalue weighted by atomic mass is 35.5. The monoisotopic (exact) mass is 664 g/mol. The molecule has 2 aromatic rings. The van der Waals surface area contributed by atoms with E-state index in [1.165, 1.54) is 38.3 Å². The van der Waals surface area contributed by atoms with Gasteiger partial charge >= 0.3 is 5.97 Å². The van der Waals surface area contributed by atoms with Gasteiger partial charge < -0.3 is 30.4 Å². The molecule has 1 saturated carbocycles. The van der Waals surface area contributed by atoms with Gasteiger partial charge in [-0.3, -0.25) is 19.2 Å². The molecule has 0 aliphatic heterocycles. The van der Waals surface area contributed by atoms with Crippen LogP contribution >= 0.6 is 11.6 Å². The van der Waals surface area contributed by atoms with Crippen LogP contribution < -0.4 is 11.1 Å². The second-order valence-electron chi connectivity index (χ2n) is 11.5. The molecule has 4 N–H and O–H groups in total. The first-order valence-electron chi connectivity index (χ1n) is 15.5. The van der Waals surface area contributed by atoms with Crippen LogP contribution in [0, 0.1) is 19.8 Å². The molecular weight excluding hydrogens is 612 g/mol. The van der Waals surface area contributed by atoms with Crippen LogP contribution in [0.3, 0.4) is 0 Å². The Morgan fingerprint density at radius 3 is 2.13 bits per heavy atom. The maximum absolute atomic E-state index is 12.4. The first kappa shape index (κ1) is 42.2. The first-order chi connectivity index (χ1) is 21.6. The van der Waals surface area contributed by atoms with Crippen molar-refractivity contribution >= 4 is 35.3 Å². The lowest BCUT2D eigenvalue weighted by molar-refractivity contribution is -0.143. The summed E-state index contributed by atoms with van der Waals surface area (Å²) < 4.78 is 5.32. The van der Waals surface area contributed by atoms with E-state index in [0.717, 1.165) is 34.8 Å². The highest BCUT2D eigenvalue weighted by Crippen LogP contribution is 2.24. The van der Waals surface area contributed by atoms with Crippen molar-refractivity contribution in [1.82, 2.24) is 25.3 Å². The van der Waals surface area contributed by atoms with Gasteiger partial charge in [0.15, 0.2) is 0 Å². The summed E-state index contributed by atoms with van der Waals surface area (Å²) in [5, 5.41) is 19.5. The lowest BCUT2D eigenvalue weighted by atomic mass is 10.1. The number of benzene rings is 1. The third-order valence-corrected chi connectivity index (χ3v) is 6.07. The van der Waals surface area contributed by atoms with Crippen molar-refractivity contribution in [1.29, 1.82) is 0 Å². The van der Waals surface area contributed by atoms with E-state index in [1.807, 2.05) is 44.2 Å². The highest BCUT2D eigenvalue weighted by molar-refractivity contribution is 6.30. The minimum Gasteiger partial charge on any atom is -0.480 e. The summed E-state index contributed by atoms with van der Waals surface area (Å²) in [7, 11) is 2.81. The smallest absolute Gasteiger partial charge is 0.323 e. The van der Waals surface area contributed by atoms with E-state index in [2.05, 4.69) is 36.3 Å². The number of carbonyl (C=O) groups excluding carboxylic acids is 3. The molecule has 46 heavy (non-hydrogen) atoms. The maximum Gasteiger partial charge on any atom is 0.323 e. The van der Waals surface area contributed by atoms with Gasteiger partial charge in [-0.2, -0.15) is 0 Å². The number of rotatable bonds is 12. The number of unbranched alkanes of at least 4 members (excludes halogenated alkanes) is 1. The number of hydrogen-bond donors (Lipinski definition) is 3. The molecule has 1 aliphatic rings. The molecule has 0 bridgehead atoms. The summed E-state index contributed by atoms with van der Waals surface area (Å²) in [6.07, 6.45) is 10.4. The van der Waals surface area contributed by atoms with Gasteiger partial charge in [0.05, 0.1) is 13.1 Å². The van der Waals surface area contributed by atoms with Gasteiger partial charge in [0.2, 0.25) is 29.5 Å². The Morgan fingerprint density at radius 1 is 1.07 bits per heavy atom. The van der Waals surface area contributed by atoms with E-state index in [-0.39, 0.29) is 13.1 Å². The SMILES string of the molecule is C1CC1.CC(C)C.CCC/C=C/CC(C(=O)NCC(=O)N(C)CC(=O)O)N(C)C(=O)CN.Cc1nnc(-c2ccc(Cl)cc2C)o1. The quantitative estimate of drug-likeness (QED) is 0.264. The second-order valence-corrected chi connectivity index (χ2v) is 11.9. The molecule has 0 spiro atoms. The number of allylic oxidation sites excluding steroid dienone is 1. The van der Waals surface area contributed by atoms with Crippen molar-refractivity contribution in [3.63, 3.8) is 0 Å². The van der Waals surface area contributed by atoms with E-state index in [4.69, 9.17) is 26.9 Å². The van der Waals surface area contributed by atoms with Crippen LogP contribution in [0.1, 0.15) is 77.7 Å². The molecule has 3 amide bonds. The average Bonchev–Trinajstić information content (AvgIpc) is 3.81. The van der Waals surface area contributed by atoms with Crippen LogP contribution in [0.15, 0.2) is 34.8 Å². The Hall–Kier alpha value is -3.77. The number of nitrogens with two attached hydrogens (primary N) is 1. The third kappa shape index (κ3) is 19.6. The number of carboxylic acids is 1. The predicted molar refractivity (Wildman–Crippen MR) is 181 cm³/mol. The molecule has 13 heteroatoms.